The van der Waals surface area contributed by atoms with Crippen LogP contribution in [-0.2, 0) is 4.79 Å². The van der Waals surface area contributed by atoms with Crippen LogP contribution in [0.1, 0.15) is 6.92 Å². The summed E-state index contributed by atoms with van der Waals surface area (Å²) in [5, 5.41) is 7.71. The van der Waals surface area contributed by atoms with Gasteiger partial charge in [0.05, 0.1) is 6.54 Å². The van der Waals surface area contributed by atoms with Crippen LogP contribution in [0.25, 0.3) is 0 Å². The molecular weight excluding hydrogens is 333 g/mol. The molecular formula is C11H14IN3O2. The fourth-order valence-corrected chi connectivity index (χ4v) is 1.70. The number of anilines is 1. The quantitative estimate of drug-likeness (QED) is 0.724. The fraction of sp³-hybridized carbons (Fsp3) is 0.273. The first kappa shape index (κ1) is 13.8. The van der Waals surface area contributed by atoms with Gasteiger partial charge in [0.15, 0.2) is 0 Å². The molecule has 0 atom stereocenters. The Hall–Kier alpha value is -1.31. The van der Waals surface area contributed by atoms with Crippen LogP contribution in [0.2, 0.25) is 0 Å². The molecule has 0 heterocycles. The van der Waals surface area contributed by atoms with Crippen molar-refractivity contribution in [1.82, 2.24) is 10.6 Å². The summed E-state index contributed by atoms with van der Waals surface area (Å²) < 4.78 is 1.03. The van der Waals surface area contributed by atoms with Crippen LogP contribution < -0.4 is 16.0 Å². The zero-order valence-corrected chi connectivity index (χ0v) is 11.6. The van der Waals surface area contributed by atoms with E-state index in [1.807, 2.05) is 25.1 Å². The average Bonchev–Trinajstić information content (AvgIpc) is 2.27. The molecule has 0 saturated carbocycles. The Labute approximate surface area is 113 Å². The molecule has 17 heavy (non-hydrogen) atoms. The maximum atomic E-state index is 11.4. The first-order chi connectivity index (χ1) is 8.11. The van der Waals surface area contributed by atoms with Crippen LogP contribution in [0.15, 0.2) is 24.3 Å². The monoisotopic (exact) mass is 347 g/mol. The molecule has 0 spiro atoms. The lowest BCUT2D eigenvalue weighted by Crippen LogP contribution is -2.38. The topological polar surface area (TPSA) is 70.2 Å². The Morgan fingerprint density at radius 1 is 1.29 bits per heavy atom. The Bertz CT molecular complexity index is 409. The van der Waals surface area contributed by atoms with Crippen LogP contribution in [0, 0.1) is 3.57 Å². The predicted octanol–water partition coefficient (Wildman–Crippen LogP) is 1.55. The van der Waals surface area contributed by atoms with Crippen molar-refractivity contribution in [2.24, 2.45) is 0 Å². The normalized spacial score (nSPS) is 9.53. The number of nitrogens with one attached hydrogen (secondary N) is 3. The second-order valence-electron chi connectivity index (χ2n) is 3.27. The molecule has 3 N–H and O–H groups in total. The third-order valence-electron chi connectivity index (χ3n) is 1.87. The van der Waals surface area contributed by atoms with Crippen LogP contribution in [-0.4, -0.2) is 25.0 Å². The number of carbonyl (C=O) groups is 2. The molecule has 0 aliphatic carbocycles. The molecule has 1 aromatic rings. The summed E-state index contributed by atoms with van der Waals surface area (Å²) in [5.74, 6) is -0.203. The first-order valence-corrected chi connectivity index (χ1v) is 6.27. The number of benzene rings is 1. The first-order valence-electron chi connectivity index (χ1n) is 5.19. The predicted molar refractivity (Wildman–Crippen MR) is 74.9 cm³/mol. The summed E-state index contributed by atoms with van der Waals surface area (Å²) in [6.07, 6.45) is 0. The van der Waals surface area contributed by atoms with Gasteiger partial charge in [-0.2, -0.15) is 0 Å². The number of carbonyl (C=O) groups excluding carboxylic acids is 2. The highest BCUT2D eigenvalue weighted by Gasteiger charge is 2.04. The maximum absolute atomic E-state index is 11.4. The zero-order valence-electron chi connectivity index (χ0n) is 9.42. The zero-order chi connectivity index (χ0) is 12.7. The van der Waals surface area contributed by atoms with Crippen molar-refractivity contribution in [3.8, 4) is 0 Å². The van der Waals surface area contributed by atoms with E-state index in [-0.39, 0.29) is 12.5 Å². The number of halogens is 1. The maximum Gasteiger partial charge on any atom is 0.319 e. The van der Waals surface area contributed by atoms with Gasteiger partial charge in [0.2, 0.25) is 5.91 Å². The van der Waals surface area contributed by atoms with Crippen molar-refractivity contribution in [2.75, 3.05) is 18.4 Å². The molecule has 0 unspecified atom stereocenters. The summed E-state index contributed by atoms with van der Waals surface area (Å²) in [5.41, 5.74) is 0.699. The summed E-state index contributed by atoms with van der Waals surface area (Å²) >= 11 is 2.16. The second-order valence-corrected chi connectivity index (χ2v) is 4.52. The van der Waals surface area contributed by atoms with Gasteiger partial charge in [-0.3, -0.25) is 4.79 Å². The van der Waals surface area contributed by atoms with Crippen molar-refractivity contribution in [1.29, 1.82) is 0 Å². The summed E-state index contributed by atoms with van der Waals surface area (Å²) in [6, 6.07) is 7.01. The van der Waals surface area contributed by atoms with E-state index in [1.54, 1.807) is 6.07 Å². The van der Waals surface area contributed by atoms with Crippen LogP contribution >= 0.6 is 22.6 Å². The molecule has 0 radical (unpaired) electrons. The highest BCUT2D eigenvalue weighted by Crippen LogP contribution is 2.11. The van der Waals surface area contributed by atoms with Crippen molar-refractivity contribution >= 4 is 40.2 Å². The standard InChI is InChI=1S/C11H14IN3O2/c1-2-13-10(16)7-14-11(17)15-9-5-3-4-8(12)6-9/h3-6H,2,7H2,1H3,(H,13,16)(H2,14,15,17). The van der Waals surface area contributed by atoms with Crippen molar-refractivity contribution in [3.63, 3.8) is 0 Å². The van der Waals surface area contributed by atoms with Gasteiger partial charge in [-0.15, -0.1) is 0 Å². The molecule has 1 aromatic carbocycles. The minimum atomic E-state index is -0.391. The van der Waals surface area contributed by atoms with E-state index in [1.165, 1.54) is 0 Å². The van der Waals surface area contributed by atoms with Gasteiger partial charge >= 0.3 is 6.03 Å². The Morgan fingerprint density at radius 3 is 2.71 bits per heavy atom. The molecule has 0 bridgehead atoms. The molecule has 6 heteroatoms. The molecule has 5 nitrogen and oxygen atoms in total. The average molecular weight is 347 g/mol. The van der Waals surface area contributed by atoms with Crippen LogP contribution in [0.4, 0.5) is 10.5 Å². The lowest BCUT2D eigenvalue weighted by atomic mass is 10.3. The molecule has 0 saturated heterocycles. The minimum Gasteiger partial charge on any atom is -0.355 e. The van der Waals surface area contributed by atoms with Crippen LogP contribution in [0.5, 0.6) is 0 Å². The summed E-state index contributed by atoms with van der Waals surface area (Å²) in [6.45, 7) is 2.35. The Kier molecular flexibility index (Phi) is 5.75. The number of hydrogen-bond acceptors (Lipinski definition) is 2. The number of likely N-dealkylation sites (N-methyl/N-ethyl adjacent to an activating group) is 1. The van der Waals surface area contributed by atoms with Gasteiger partial charge in [0.25, 0.3) is 0 Å². The molecule has 3 amide bonds. The molecule has 92 valence electrons. The van der Waals surface area contributed by atoms with E-state index in [4.69, 9.17) is 0 Å². The van der Waals surface area contributed by atoms with Gasteiger partial charge < -0.3 is 16.0 Å². The largest absolute Gasteiger partial charge is 0.355 e. The van der Waals surface area contributed by atoms with Gasteiger partial charge in [-0.05, 0) is 47.7 Å². The molecule has 0 aliphatic rings. The van der Waals surface area contributed by atoms with Crippen molar-refractivity contribution in [3.05, 3.63) is 27.8 Å². The van der Waals surface area contributed by atoms with E-state index < -0.39 is 6.03 Å². The highest BCUT2D eigenvalue weighted by atomic mass is 127. The fourth-order valence-electron chi connectivity index (χ4n) is 1.16. The van der Waals surface area contributed by atoms with Gasteiger partial charge in [-0.1, -0.05) is 6.07 Å². The summed E-state index contributed by atoms with van der Waals surface area (Å²) in [7, 11) is 0. The molecule has 0 aromatic heterocycles. The third-order valence-corrected chi connectivity index (χ3v) is 2.54. The van der Waals surface area contributed by atoms with E-state index in [0.29, 0.717) is 12.2 Å². The number of amides is 3. The number of urea groups is 1. The van der Waals surface area contributed by atoms with Crippen molar-refractivity contribution in [2.45, 2.75) is 6.92 Å². The Balaban J connectivity index is 2.37. The molecule has 0 fully saturated rings. The van der Waals surface area contributed by atoms with Gasteiger partial charge in [0, 0.05) is 15.8 Å². The lowest BCUT2D eigenvalue weighted by Gasteiger charge is -2.07. The van der Waals surface area contributed by atoms with E-state index in [9.17, 15) is 9.59 Å². The second kappa shape index (κ2) is 7.10. The minimum absolute atomic E-state index is 0.0242. The van der Waals surface area contributed by atoms with E-state index in [0.717, 1.165) is 3.57 Å². The van der Waals surface area contributed by atoms with Crippen LogP contribution in [0.3, 0.4) is 0 Å². The molecule has 0 aliphatic heterocycles. The van der Waals surface area contributed by atoms with E-state index in [2.05, 4.69) is 38.5 Å². The Morgan fingerprint density at radius 2 is 2.06 bits per heavy atom. The summed E-state index contributed by atoms with van der Waals surface area (Å²) in [4.78, 5) is 22.5. The number of rotatable bonds is 4. The van der Waals surface area contributed by atoms with Gasteiger partial charge in [0.1, 0.15) is 0 Å². The SMILES string of the molecule is CCNC(=O)CNC(=O)Nc1cccc(I)c1. The molecule has 1 rings (SSSR count). The van der Waals surface area contributed by atoms with E-state index >= 15 is 0 Å². The lowest BCUT2D eigenvalue weighted by molar-refractivity contribution is -0.119. The third kappa shape index (κ3) is 5.53. The smallest absolute Gasteiger partial charge is 0.319 e. The van der Waals surface area contributed by atoms with Crippen molar-refractivity contribution < 1.29 is 9.59 Å². The highest BCUT2D eigenvalue weighted by molar-refractivity contribution is 14.1. The number of hydrogen-bond donors (Lipinski definition) is 3. The van der Waals surface area contributed by atoms with Gasteiger partial charge in [-0.25, -0.2) is 4.79 Å².